The molecule has 0 atom stereocenters. The van der Waals surface area contributed by atoms with E-state index in [4.69, 9.17) is 14.9 Å². The molecule has 0 saturated heterocycles. The molecule has 0 spiro atoms. The van der Waals surface area contributed by atoms with E-state index in [0.717, 1.165) is 11.3 Å². The lowest BCUT2D eigenvalue weighted by atomic mass is 10.1. The van der Waals surface area contributed by atoms with Gasteiger partial charge in [-0.1, -0.05) is 6.07 Å². The second-order valence-electron chi connectivity index (χ2n) is 6.37. The Bertz CT molecular complexity index is 1020. The van der Waals surface area contributed by atoms with Crippen molar-refractivity contribution < 1.29 is 18.7 Å². The number of primary amides is 1. The van der Waals surface area contributed by atoms with Gasteiger partial charge in [0.25, 0.3) is 11.8 Å². The molecule has 2 heterocycles. The average molecular weight is 382 g/mol. The molecule has 0 saturated carbocycles. The first-order valence-electron chi connectivity index (χ1n) is 8.84. The maximum absolute atomic E-state index is 12.4. The number of benzene rings is 1. The van der Waals surface area contributed by atoms with E-state index in [1.54, 1.807) is 18.3 Å². The quantitative estimate of drug-likeness (QED) is 0.652. The number of hydrogen-bond donors (Lipinski definition) is 2. The molecule has 0 aliphatic rings. The highest BCUT2D eigenvalue weighted by Crippen LogP contribution is 2.19. The van der Waals surface area contributed by atoms with Gasteiger partial charge in [-0.15, -0.1) is 0 Å². The molecule has 0 unspecified atom stereocenters. The van der Waals surface area contributed by atoms with Crippen LogP contribution in [-0.4, -0.2) is 21.6 Å². The van der Waals surface area contributed by atoms with Gasteiger partial charge in [-0.2, -0.15) is 5.10 Å². The summed E-state index contributed by atoms with van der Waals surface area (Å²) in [4.78, 5) is 23.9. The number of anilines is 1. The summed E-state index contributed by atoms with van der Waals surface area (Å²) in [5, 5.41) is 6.64. The number of aryl methyl sites for hydroxylation is 3. The summed E-state index contributed by atoms with van der Waals surface area (Å²) in [6.45, 7) is 6.63. The lowest BCUT2D eigenvalue weighted by Gasteiger charge is -2.07. The zero-order chi connectivity index (χ0) is 20.3. The van der Waals surface area contributed by atoms with E-state index in [2.05, 4.69) is 10.4 Å². The van der Waals surface area contributed by atoms with Crippen LogP contribution in [0, 0.1) is 13.8 Å². The number of nitrogens with zero attached hydrogens (tertiary/aromatic N) is 2. The molecule has 3 rings (SSSR count). The Hall–Kier alpha value is -3.55. The maximum atomic E-state index is 12.4. The molecule has 0 aliphatic heterocycles. The fourth-order valence-corrected chi connectivity index (χ4v) is 2.58. The molecule has 1 aromatic carbocycles. The molecule has 3 N–H and O–H groups in total. The van der Waals surface area contributed by atoms with Gasteiger partial charge in [-0.25, -0.2) is 0 Å². The number of carbonyl (C=O) groups excluding carboxylic acids is 2. The van der Waals surface area contributed by atoms with Gasteiger partial charge >= 0.3 is 0 Å². The van der Waals surface area contributed by atoms with Crippen LogP contribution in [0.25, 0.3) is 0 Å². The average Bonchev–Trinajstić information content (AvgIpc) is 3.29. The summed E-state index contributed by atoms with van der Waals surface area (Å²) in [6, 6.07) is 9.03. The van der Waals surface area contributed by atoms with Crippen molar-refractivity contribution in [2.45, 2.75) is 33.9 Å². The van der Waals surface area contributed by atoms with Gasteiger partial charge in [0.15, 0.2) is 11.5 Å². The fourth-order valence-electron chi connectivity index (χ4n) is 2.58. The smallest absolute Gasteiger partial charge is 0.291 e. The van der Waals surface area contributed by atoms with Crippen LogP contribution < -0.4 is 15.8 Å². The molecule has 2 aromatic heterocycles. The number of carbonyl (C=O) groups is 2. The molecule has 8 heteroatoms. The van der Waals surface area contributed by atoms with E-state index in [1.807, 2.05) is 39.0 Å². The van der Waals surface area contributed by atoms with Gasteiger partial charge in [-0.05, 0) is 56.2 Å². The second kappa shape index (κ2) is 7.99. The second-order valence-corrected chi connectivity index (χ2v) is 6.37. The van der Waals surface area contributed by atoms with Crippen LogP contribution in [0.2, 0.25) is 0 Å². The zero-order valence-electron chi connectivity index (χ0n) is 16.0. The molecule has 0 radical (unpaired) electrons. The Balaban J connectivity index is 1.66. The summed E-state index contributed by atoms with van der Waals surface area (Å²) in [5.41, 5.74) is 7.87. The lowest BCUT2D eigenvalue weighted by Crippen LogP contribution is -2.17. The van der Waals surface area contributed by atoms with E-state index in [-0.39, 0.29) is 23.7 Å². The maximum Gasteiger partial charge on any atom is 0.291 e. The van der Waals surface area contributed by atoms with E-state index < -0.39 is 11.8 Å². The Morgan fingerprint density at radius 1 is 1.21 bits per heavy atom. The Morgan fingerprint density at radius 2 is 2.00 bits per heavy atom. The van der Waals surface area contributed by atoms with Crippen molar-refractivity contribution >= 4 is 17.5 Å². The molecule has 146 valence electrons. The largest absolute Gasteiger partial charge is 0.486 e. The van der Waals surface area contributed by atoms with Crippen LogP contribution in [-0.2, 0) is 13.2 Å². The molecule has 2 amide bonds. The van der Waals surface area contributed by atoms with Gasteiger partial charge in [0.2, 0.25) is 0 Å². The molecule has 0 aliphatic carbocycles. The van der Waals surface area contributed by atoms with Gasteiger partial charge in [0.1, 0.15) is 18.1 Å². The minimum atomic E-state index is -0.718. The van der Waals surface area contributed by atoms with E-state index in [0.29, 0.717) is 12.3 Å². The third-order valence-electron chi connectivity index (χ3n) is 4.31. The van der Waals surface area contributed by atoms with Gasteiger partial charge in [0.05, 0.1) is 5.69 Å². The van der Waals surface area contributed by atoms with Crippen LogP contribution in [0.15, 0.2) is 40.9 Å². The Labute approximate surface area is 162 Å². The first-order chi connectivity index (χ1) is 13.4. The van der Waals surface area contributed by atoms with Gasteiger partial charge < -0.3 is 20.2 Å². The predicted molar refractivity (Wildman–Crippen MR) is 103 cm³/mol. The van der Waals surface area contributed by atoms with Crippen molar-refractivity contribution in [3.63, 3.8) is 0 Å². The summed E-state index contributed by atoms with van der Waals surface area (Å²) in [5.74, 6) is 0.102. The third-order valence-corrected chi connectivity index (χ3v) is 4.31. The standard InChI is InChI=1S/C20H22N4O4/c1-4-24-10-16(18(23-24)19(21)25)22-20(26)17-8-7-15(28-17)11-27-14-6-5-12(2)13(3)9-14/h5-10H,4,11H2,1-3H3,(H2,21,25)(H,22,26). The van der Waals surface area contributed by atoms with Crippen molar-refractivity contribution in [2.75, 3.05) is 5.32 Å². The van der Waals surface area contributed by atoms with Crippen molar-refractivity contribution in [1.82, 2.24) is 9.78 Å². The normalized spacial score (nSPS) is 10.7. The van der Waals surface area contributed by atoms with Crippen molar-refractivity contribution in [2.24, 2.45) is 5.73 Å². The van der Waals surface area contributed by atoms with E-state index in [1.165, 1.54) is 10.2 Å². The van der Waals surface area contributed by atoms with Gasteiger partial charge in [-0.3, -0.25) is 14.3 Å². The molecule has 28 heavy (non-hydrogen) atoms. The Morgan fingerprint density at radius 3 is 2.68 bits per heavy atom. The number of amides is 2. The summed E-state index contributed by atoms with van der Waals surface area (Å²) in [6.07, 6.45) is 1.55. The van der Waals surface area contributed by atoms with E-state index in [9.17, 15) is 9.59 Å². The van der Waals surface area contributed by atoms with Crippen LogP contribution >= 0.6 is 0 Å². The number of hydrogen-bond acceptors (Lipinski definition) is 5. The fraction of sp³-hybridized carbons (Fsp3) is 0.250. The molecule has 3 aromatic rings. The molecular weight excluding hydrogens is 360 g/mol. The minimum absolute atomic E-state index is 0.0000498. The number of furan rings is 1. The highest BCUT2D eigenvalue weighted by molar-refractivity contribution is 6.06. The van der Waals surface area contributed by atoms with Gasteiger partial charge in [0, 0.05) is 12.7 Å². The first-order valence-corrected chi connectivity index (χ1v) is 8.84. The highest BCUT2D eigenvalue weighted by Gasteiger charge is 2.19. The zero-order valence-corrected chi connectivity index (χ0v) is 16.0. The molecular formula is C20H22N4O4. The number of nitrogens with one attached hydrogen (secondary N) is 1. The number of nitrogens with two attached hydrogens (primary N) is 1. The highest BCUT2D eigenvalue weighted by atomic mass is 16.5. The molecule has 0 bridgehead atoms. The SMILES string of the molecule is CCn1cc(NC(=O)c2ccc(COc3ccc(C)c(C)c3)o2)c(C(N)=O)n1. The van der Waals surface area contributed by atoms with Crippen LogP contribution in [0.5, 0.6) is 5.75 Å². The van der Waals surface area contributed by atoms with Crippen LogP contribution in [0.3, 0.4) is 0 Å². The van der Waals surface area contributed by atoms with E-state index >= 15 is 0 Å². The van der Waals surface area contributed by atoms with Crippen LogP contribution in [0.1, 0.15) is 44.9 Å². The molecule has 0 fully saturated rings. The van der Waals surface area contributed by atoms with Crippen molar-refractivity contribution in [1.29, 1.82) is 0 Å². The van der Waals surface area contributed by atoms with Crippen LogP contribution in [0.4, 0.5) is 5.69 Å². The lowest BCUT2D eigenvalue weighted by molar-refractivity contribution is 0.0992. The number of ether oxygens (including phenoxy) is 1. The number of rotatable bonds is 7. The summed E-state index contributed by atoms with van der Waals surface area (Å²) in [7, 11) is 0. The minimum Gasteiger partial charge on any atom is -0.486 e. The number of aromatic nitrogens is 2. The topological polar surface area (TPSA) is 112 Å². The predicted octanol–water partition coefficient (Wildman–Crippen LogP) is 3.04. The summed E-state index contributed by atoms with van der Waals surface area (Å²) < 4.78 is 12.8. The van der Waals surface area contributed by atoms with Crippen molar-refractivity contribution in [3.05, 3.63) is 64.9 Å². The molecule has 8 nitrogen and oxygen atoms in total. The Kier molecular flexibility index (Phi) is 5.49. The third kappa shape index (κ3) is 4.22. The van der Waals surface area contributed by atoms with Crippen molar-refractivity contribution in [3.8, 4) is 5.75 Å². The summed E-state index contributed by atoms with van der Waals surface area (Å²) >= 11 is 0. The first kappa shape index (κ1) is 19.2. The monoisotopic (exact) mass is 382 g/mol.